The molecule has 2 aromatic rings. The third-order valence-electron chi connectivity index (χ3n) is 7.72. The minimum Gasteiger partial charge on any atom is -0.383 e. The van der Waals surface area contributed by atoms with E-state index < -0.39 is 49.0 Å². The lowest BCUT2D eigenvalue weighted by molar-refractivity contribution is -0.171. The average Bonchev–Trinajstić information content (AvgIpc) is 3.33. The predicted octanol–water partition coefficient (Wildman–Crippen LogP) is 4.55. The molecule has 10 heteroatoms. The van der Waals surface area contributed by atoms with Gasteiger partial charge in [-0.1, -0.05) is 45.2 Å². The van der Waals surface area contributed by atoms with E-state index in [4.69, 9.17) is 5.73 Å². The fourth-order valence-electron chi connectivity index (χ4n) is 5.70. The van der Waals surface area contributed by atoms with E-state index >= 15 is 0 Å². The van der Waals surface area contributed by atoms with Crippen molar-refractivity contribution in [1.82, 2.24) is 20.5 Å². The highest BCUT2D eigenvalue weighted by molar-refractivity contribution is 5.92. The molecule has 1 aliphatic heterocycles. The van der Waals surface area contributed by atoms with Gasteiger partial charge in [-0.25, -0.2) is 4.98 Å². The molecule has 2 amide bonds. The van der Waals surface area contributed by atoms with Crippen molar-refractivity contribution in [1.29, 1.82) is 0 Å². The number of amides is 2. The van der Waals surface area contributed by atoms with Crippen molar-refractivity contribution in [3.63, 3.8) is 0 Å². The van der Waals surface area contributed by atoms with E-state index in [0.29, 0.717) is 12.2 Å². The second-order valence-electron chi connectivity index (χ2n) is 11.1. The van der Waals surface area contributed by atoms with E-state index in [1.165, 1.54) is 4.90 Å². The van der Waals surface area contributed by atoms with Crippen molar-refractivity contribution >= 4 is 28.4 Å². The number of hydrogen-bond acceptors (Lipinski definition) is 5. The highest BCUT2D eigenvalue weighted by Crippen LogP contribution is 2.37. The summed E-state index contributed by atoms with van der Waals surface area (Å²) >= 11 is 0. The monoisotopic (exact) mass is 533 g/mol. The first-order chi connectivity index (χ1) is 18.0. The summed E-state index contributed by atoms with van der Waals surface area (Å²) in [6.07, 6.45) is 2.38. The van der Waals surface area contributed by atoms with Crippen LogP contribution in [0.2, 0.25) is 0 Å². The summed E-state index contributed by atoms with van der Waals surface area (Å²) in [6.45, 7) is 3.61. The van der Waals surface area contributed by atoms with E-state index in [0.717, 1.165) is 48.4 Å². The third kappa shape index (κ3) is 6.76. The smallest absolute Gasteiger partial charge is 0.383 e. The summed E-state index contributed by atoms with van der Waals surface area (Å²) in [5.41, 5.74) is 6.68. The quantitative estimate of drug-likeness (QED) is 0.462. The van der Waals surface area contributed by atoms with Gasteiger partial charge in [-0.2, -0.15) is 13.2 Å². The largest absolute Gasteiger partial charge is 0.393 e. The number of nitrogen functional groups attached to an aromatic ring is 1. The number of nitrogens with one attached hydrogen (secondary N) is 2. The molecule has 4 N–H and O–H groups in total. The second kappa shape index (κ2) is 11.9. The average molecular weight is 534 g/mol. The molecule has 2 fully saturated rings. The molecule has 2 heterocycles. The number of nitrogens with two attached hydrogens (primary N) is 1. The molecule has 4 rings (SSSR count). The lowest BCUT2D eigenvalue weighted by atomic mass is 9.93. The SMILES string of the molecule is CC(C)C[C@@H](NC1CCCCC1)C(=O)N1C[C@@H](C(F)(F)F)C[C@H]1C(=O)NCc1ccc2c(N)nccc2c1. The maximum Gasteiger partial charge on any atom is 0.393 e. The summed E-state index contributed by atoms with van der Waals surface area (Å²) in [5, 5.41) is 7.84. The Kier molecular flexibility index (Phi) is 8.80. The van der Waals surface area contributed by atoms with Crippen LogP contribution in [0.3, 0.4) is 0 Å². The zero-order valence-electron chi connectivity index (χ0n) is 22.1. The number of halogens is 3. The van der Waals surface area contributed by atoms with Crippen LogP contribution in [0.4, 0.5) is 19.0 Å². The molecule has 1 aromatic heterocycles. The molecule has 3 atom stereocenters. The molecule has 1 saturated carbocycles. The first-order valence-electron chi connectivity index (χ1n) is 13.6. The van der Waals surface area contributed by atoms with E-state index in [1.54, 1.807) is 24.4 Å². The molecule has 1 aromatic carbocycles. The number of carbonyl (C=O) groups is 2. The van der Waals surface area contributed by atoms with Gasteiger partial charge >= 0.3 is 6.18 Å². The Balaban J connectivity index is 1.49. The first kappa shape index (κ1) is 28.1. The Labute approximate surface area is 221 Å². The molecular weight excluding hydrogens is 495 g/mol. The van der Waals surface area contributed by atoms with Gasteiger partial charge in [0.05, 0.1) is 12.0 Å². The molecule has 1 saturated heterocycles. The van der Waals surface area contributed by atoms with Gasteiger partial charge in [0.15, 0.2) is 0 Å². The fourth-order valence-corrected chi connectivity index (χ4v) is 5.70. The van der Waals surface area contributed by atoms with Crippen molar-refractivity contribution in [2.45, 2.75) is 89.6 Å². The van der Waals surface area contributed by atoms with Crippen molar-refractivity contribution < 1.29 is 22.8 Å². The number of likely N-dealkylation sites (tertiary alicyclic amines) is 1. The maximum atomic E-state index is 13.7. The number of nitrogens with zero attached hydrogens (tertiary/aromatic N) is 2. The van der Waals surface area contributed by atoms with Gasteiger partial charge in [-0.05, 0) is 54.7 Å². The number of fused-ring (bicyclic) bond motifs is 1. The van der Waals surface area contributed by atoms with Gasteiger partial charge in [0.2, 0.25) is 11.8 Å². The van der Waals surface area contributed by atoms with E-state index in [9.17, 15) is 22.8 Å². The summed E-state index contributed by atoms with van der Waals surface area (Å²) in [4.78, 5) is 32.2. The van der Waals surface area contributed by atoms with E-state index in [1.807, 2.05) is 19.9 Å². The first-order valence-corrected chi connectivity index (χ1v) is 13.6. The molecule has 208 valence electrons. The Bertz CT molecular complexity index is 1130. The maximum absolute atomic E-state index is 13.7. The Morgan fingerprint density at radius 1 is 1.16 bits per heavy atom. The van der Waals surface area contributed by atoms with Crippen molar-refractivity contribution in [2.75, 3.05) is 12.3 Å². The highest BCUT2D eigenvalue weighted by atomic mass is 19.4. The standard InChI is InChI=1S/C28H38F3N5O2/c1-17(2)12-23(35-21-6-4-3-5-7-21)27(38)36-16-20(28(29,30)31)14-24(36)26(37)34-15-18-8-9-22-19(13-18)10-11-33-25(22)32/h8-11,13,17,20-21,23-24,35H,3-7,12,14-16H2,1-2H3,(H2,32,33)(H,34,37)/t20-,23+,24-/m0/s1. The van der Waals surface area contributed by atoms with Crippen LogP contribution in [0.25, 0.3) is 10.8 Å². The Morgan fingerprint density at radius 2 is 1.89 bits per heavy atom. The van der Waals surface area contributed by atoms with Gasteiger partial charge in [-0.3, -0.25) is 9.59 Å². The minimum absolute atomic E-state index is 0.127. The van der Waals surface area contributed by atoms with Crippen molar-refractivity contribution in [3.05, 3.63) is 36.0 Å². The molecule has 0 unspecified atom stereocenters. The van der Waals surface area contributed by atoms with Crippen LogP contribution in [-0.2, 0) is 16.1 Å². The molecular formula is C28H38F3N5O2. The van der Waals surface area contributed by atoms with Crippen LogP contribution in [0.15, 0.2) is 30.5 Å². The number of rotatable bonds is 8. The van der Waals surface area contributed by atoms with E-state index in [-0.39, 0.29) is 18.5 Å². The van der Waals surface area contributed by atoms with Crippen molar-refractivity contribution in [3.8, 4) is 0 Å². The molecule has 1 aliphatic carbocycles. The molecule has 0 bridgehead atoms. The van der Waals surface area contributed by atoms with Crippen LogP contribution in [0.1, 0.15) is 64.4 Å². The van der Waals surface area contributed by atoms with Crippen LogP contribution in [0, 0.1) is 11.8 Å². The summed E-state index contributed by atoms with van der Waals surface area (Å²) in [7, 11) is 0. The molecule has 0 radical (unpaired) electrons. The third-order valence-corrected chi connectivity index (χ3v) is 7.72. The van der Waals surface area contributed by atoms with Gasteiger partial charge in [0.25, 0.3) is 0 Å². The summed E-state index contributed by atoms with van der Waals surface area (Å²) < 4.78 is 41.2. The van der Waals surface area contributed by atoms with Crippen molar-refractivity contribution in [2.24, 2.45) is 11.8 Å². The van der Waals surface area contributed by atoms with E-state index in [2.05, 4.69) is 15.6 Å². The van der Waals surface area contributed by atoms with Gasteiger partial charge in [0, 0.05) is 30.7 Å². The van der Waals surface area contributed by atoms with Crippen LogP contribution in [-0.4, -0.2) is 52.5 Å². The highest BCUT2D eigenvalue weighted by Gasteiger charge is 2.51. The predicted molar refractivity (Wildman–Crippen MR) is 141 cm³/mol. The summed E-state index contributed by atoms with van der Waals surface area (Å²) in [5.74, 6) is -2.14. The number of anilines is 1. The van der Waals surface area contributed by atoms with Crippen LogP contribution >= 0.6 is 0 Å². The van der Waals surface area contributed by atoms with Crippen LogP contribution in [0.5, 0.6) is 0 Å². The Morgan fingerprint density at radius 3 is 2.58 bits per heavy atom. The zero-order chi connectivity index (χ0) is 27.4. The summed E-state index contributed by atoms with van der Waals surface area (Å²) in [6, 6.07) is 5.65. The molecule has 7 nitrogen and oxygen atoms in total. The topological polar surface area (TPSA) is 100 Å². The van der Waals surface area contributed by atoms with Gasteiger partial charge in [0.1, 0.15) is 11.9 Å². The van der Waals surface area contributed by atoms with Gasteiger partial charge < -0.3 is 21.3 Å². The zero-order valence-corrected chi connectivity index (χ0v) is 22.1. The number of pyridine rings is 1. The number of carbonyl (C=O) groups excluding carboxylic acids is 2. The fraction of sp³-hybridized carbons (Fsp3) is 0.607. The molecule has 38 heavy (non-hydrogen) atoms. The number of aromatic nitrogens is 1. The van der Waals surface area contributed by atoms with Crippen LogP contribution < -0.4 is 16.4 Å². The molecule has 0 spiro atoms. The second-order valence-corrected chi connectivity index (χ2v) is 11.1. The number of benzene rings is 1. The van der Waals surface area contributed by atoms with Gasteiger partial charge in [-0.15, -0.1) is 0 Å². The molecule has 2 aliphatic rings. The normalized spacial score (nSPS) is 21.7. The lowest BCUT2D eigenvalue weighted by Crippen LogP contribution is -2.54. The number of alkyl halides is 3. The number of hydrogen-bond donors (Lipinski definition) is 3. The Hall–Kier alpha value is -2.88. The lowest BCUT2D eigenvalue weighted by Gasteiger charge is -2.33. The minimum atomic E-state index is -4.48.